The van der Waals surface area contributed by atoms with E-state index < -0.39 is 8.07 Å². The Bertz CT molecular complexity index is 275. The smallest absolute Gasteiger partial charge is 0.116 e. The van der Waals surface area contributed by atoms with Gasteiger partial charge in [-0.1, -0.05) is 19.6 Å². The first-order valence-electron chi connectivity index (χ1n) is 5.78. The van der Waals surface area contributed by atoms with Crippen molar-refractivity contribution in [1.82, 2.24) is 0 Å². The summed E-state index contributed by atoms with van der Waals surface area (Å²) in [4.78, 5) is 0. The highest BCUT2D eigenvalue weighted by atomic mass is 28.3. The van der Waals surface area contributed by atoms with Crippen LogP contribution in [0.25, 0.3) is 0 Å². The summed E-state index contributed by atoms with van der Waals surface area (Å²) in [5.41, 5.74) is 0. The van der Waals surface area contributed by atoms with Crippen LogP contribution in [0, 0.1) is 0 Å². The van der Waals surface area contributed by atoms with Crippen molar-refractivity contribution >= 4 is 8.07 Å². The zero-order chi connectivity index (χ0) is 10.9. The summed E-state index contributed by atoms with van der Waals surface area (Å²) >= 11 is 0. The van der Waals surface area contributed by atoms with E-state index in [1.807, 2.05) is 6.20 Å². The summed E-state index contributed by atoms with van der Waals surface area (Å²) in [6, 6.07) is 0. The first-order valence-corrected chi connectivity index (χ1v) is 9.28. The molecule has 0 N–H and O–H groups in total. The Morgan fingerprint density at radius 2 is 2.13 bits per heavy atom. The van der Waals surface area contributed by atoms with E-state index in [-0.39, 0.29) is 11.3 Å². The SMILES string of the molecule is C[Si](C)(C)C1(C2CCCCO2)C=CN=N1. The van der Waals surface area contributed by atoms with Gasteiger partial charge in [-0.05, 0) is 25.3 Å². The second kappa shape index (κ2) is 3.83. The van der Waals surface area contributed by atoms with Crippen LogP contribution in [0.4, 0.5) is 0 Å². The molecule has 84 valence electrons. The first kappa shape index (κ1) is 11.0. The van der Waals surface area contributed by atoms with E-state index in [4.69, 9.17) is 4.74 Å². The molecule has 0 aromatic carbocycles. The molecule has 0 bridgehead atoms. The summed E-state index contributed by atoms with van der Waals surface area (Å²) in [7, 11) is -1.43. The fourth-order valence-corrected chi connectivity index (χ4v) is 4.58. The molecule has 2 unspecified atom stereocenters. The van der Waals surface area contributed by atoms with Gasteiger partial charge in [0.15, 0.2) is 0 Å². The molecule has 0 saturated carbocycles. The third-order valence-corrected chi connectivity index (χ3v) is 6.48. The van der Waals surface area contributed by atoms with E-state index in [2.05, 4.69) is 35.9 Å². The monoisotopic (exact) mass is 224 g/mol. The zero-order valence-corrected chi connectivity index (χ0v) is 10.9. The molecule has 4 heteroatoms. The molecule has 2 rings (SSSR count). The van der Waals surface area contributed by atoms with E-state index in [1.165, 1.54) is 12.8 Å². The number of hydrogen-bond donors (Lipinski definition) is 0. The third-order valence-electron chi connectivity index (χ3n) is 3.49. The highest BCUT2D eigenvalue weighted by Crippen LogP contribution is 2.38. The van der Waals surface area contributed by atoms with Gasteiger partial charge in [0.05, 0.1) is 14.2 Å². The summed E-state index contributed by atoms with van der Waals surface area (Å²) in [5.74, 6) is 0. The van der Waals surface area contributed by atoms with Crippen LogP contribution in [0.15, 0.2) is 22.5 Å². The van der Waals surface area contributed by atoms with E-state index in [9.17, 15) is 0 Å². The van der Waals surface area contributed by atoms with Gasteiger partial charge in [0, 0.05) is 12.8 Å². The summed E-state index contributed by atoms with van der Waals surface area (Å²) in [6.45, 7) is 7.93. The molecule has 1 saturated heterocycles. The maximum atomic E-state index is 5.92. The van der Waals surface area contributed by atoms with Crippen LogP contribution < -0.4 is 0 Å². The van der Waals surface area contributed by atoms with Gasteiger partial charge in [-0.15, -0.1) is 0 Å². The van der Waals surface area contributed by atoms with Crippen molar-refractivity contribution in [2.24, 2.45) is 10.2 Å². The summed E-state index contributed by atoms with van der Waals surface area (Å²) < 4.78 is 5.92. The zero-order valence-electron chi connectivity index (χ0n) is 9.86. The molecule has 0 aromatic rings. The fourth-order valence-electron chi connectivity index (χ4n) is 2.45. The highest BCUT2D eigenvalue weighted by Gasteiger charge is 2.50. The van der Waals surface area contributed by atoms with E-state index in [1.54, 1.807) is 0 Å². The Hall–Kier alpha value is -0.483. The molecule has 0 aromatic heterocycles. The van der Waals surface area contributed by atoms with Gasteiger partial charge < -0.3 is 4.74 Å². The average Bonchev–Trinajstić information content (AvgIpc) is 2.68. The average molecular weight is 224 g/mol. The molecule has 0 aliphatic carbocycles. The molecule has 15 heavy (non-hydrogen) atoms. The Kier molecular flexibility index (Phi) is 2.81. The lowest BCUT2D eigenvalue weighted by molar-refractivity contribution is -0.00207. The van der Waals surface area contributed by atoms with Crippen molar-refractivity contribution in [3.05, 3.63) is 12.3 Å². The number of azo groups is 1. The van der Waals surface area contributed by atoms with Gasteiger partial charge in [0.25, 0.3) is 0 Å². The van der Waals surface area contributed by atoms with Gasteiger partial charge >= 0.3 is 0 Å². The largest absolute Gasteiger partial charge is 0.376 e. The molecule has 2 aliphatic rings. The molecule has 2 aliphatic heterocycles. The topological polar surface area (TPSA) is 34.0 Å². The maximum Gasteiger partial charge on any atom is 0.116 e. The molecule has 0 spiro atoms. The number of nitrogens with zero attached hydrogens (tertiary/aromatic N) is 2. The number of hydrogen-bond acceptors (Lipinski definition) is 3. The Balaban J connectivity index is 2.26. The highest BCUT2D eigenvalue weighted by molar-refractivity contribution is 6.80. The molecule has 2 atom stereocenters. The van der Waals surface area contributed by atoms with Crippen molar-refractivity contribution in [2.75, 3.05) is 6.61 Å². The molecule has 0 radical (unpaired) electrons. The normalized spacial score (nSPS) is 36.1. The van der Waals surface area contributed by atoms with Crippen LogP contribution in [-0.4, -0.2) is 25.9 Å². The predicted octanol–water partition coefficient (Wildman–Crippen LogP) is 3.15. The molecular weight excluding hydrogens is 204 g/mol. The van der Waals surface area contributed by atoms with E-state index in [0.717, 1.165) is 13.0 Å². The van der Waals surface area contributed by atoms with Crippen molar-refractivity contribution in [1.29, 1.82) is 0 Å². The van der Waals surface area contributed by atoms with Crippen LogP contribution in [0.5, 0.6) is 0 Å². The van der Waals surface area contributed by atoms with Gasteiger partial charge in [0.1, 0.15) is 5.16 Å². The lowest BCUT2D eigenvalue weighted by atomic mass is 10.0. The molecule has 1 fully saturated rings. The van der Waals surface area contributed by atoms with Gasteiger partial charge in [-0.3, -0.25) is 0 Å². The predicted molar refractivity (Wildman–Crippen MR) is 63.7 cm³/mol. The van der Waals surface area contributed by atoms with Crippen LogP contribution in [0.3, 0.4) is 0 Å². The molecular formula is C11H20N2OSi. The lowest BCUT2D eigenvalue weighted by Crippen LogP contribution is -2.58. The van der Waals surface area contributed by atoms with Crippen molar-refractivity contribution in [3.63, 3.8) is 0 Å². The quantitative estimate of drug-likeness (QED) is 0.663. The maximum absolute atomic E-state index is 5.92. The van der Waals surface area contributed by atoms with Crippen LogP contribution in [-0.2, 0) is 4.74 Å². The molecule has 2 heterocycles. The van der Waals surface area contributed by atoms with Crippen LogP contribution in [0.2, 0.25) is 19.6 Å². The second-order valence-corrected chi connectivity index (χ2v) is 10.8. The van der Waals surface area contributed by atoms with Crippen molar-refractivity contribution in [2.45, 2.75) is 50.2 Å². The van der Waals surface area contributed by atoms with Crippen molar-refractivity contribution in [3.8, 4) is 0 Å². The Morgan fingerprint density at radius 3 is 2.60 bits per heavy atom. The summed E-state index contributed by atoms with van der Waals surface area (Å²) in [6.07, 6.45) is 7.87. The Morgan fingerprint density at radius 1 is 1.33 bits per heavy atom. The van der Waals surface area contributed by atoms with Crippen LogP contribution >= 0.6 is 0 Å². The standard InChI is InChI=1S/C11H20N2OSi/c1-15(2,3)11(7-8-12-13-11)10-6-4-5-9-14-10/h7-8,10H,4-6,9H2,1-3H3. The minimum atomic E-state index is -1.43. The number of ether oxygens (including phenoxy) is 1. The fraction of sp³-hybridized carbons (Fsp3) is 0.818. The second-order valence-electron chi connectivity index (χ2n) is 5.46. The minimum absolute atomic E-state index is 0.104. The van der Waals surface area contributed by atoms with Gasteiger partial charge in [-0.25, -0.2) is 0 Å². The Labute approximate surface area is 92.6 Å². The van der Waals surface area contributed by atoms with Crippen LogP contribution in [0.1, 0.15) is 19.3 Å². The minimum Gasteiger partial charge on any atom is -0.376 e. The summed E-state index contributed by atoms with van der Waals surface area (Å²) in [5, 5.41) is 8.49. The van der Waals surface area contributed by atoms with Gasteiger partial charge in [-0.2, -0.15) is 10.2 Å². The third kappa shape index (κ3) is 1.80. The van der Waals surface area contributed by atoms with E-state index >= 15 is 0 Å². The van der Waals surface area contributed by atoms with Gasteiger partial charge in [0.2, 0.25) is 0 Å². The lowest BCUT2D eigenvalue weighted by Gasteiger charge is -2.42. The number of rotatable bonds is 2. The first-order chi connectivity index (χ1) is 7.06. The molecule has 3 nitrogen and oxygen atoms in total. The van der Waals surface area contributed by atoms with E-state index in [0.29, 0.717) is 0 Å². The van der Waals surface area contributed by atoms with Crippen molar-refractivity contribution < 1.29 is 4.74 Å². The molecule has 0 amide bonds.